The molecule has 148 valence electrons. The Bertz CT molecular complexity index is 1100. The van der Waals surface area contributed by atoms with Gasteiger partial charge in [-0.2, -0.15) is 0 Å². The standard InChI is InChI=1S/C21H20Cl2N6/c22-20-21(23)29(12-10-27-14-25-17-6-2-4-8-19(17)27)15-28(20)11-9-26-13-24-16-5-1-3-7-18(16)26/h1-8,13-14H,9-12,15H2. The molecule has 0 atom stereocenters. The summed E-state index contributed by atoms with van der Waals surface area (Å²) in [6.07, 6.45) is 3.75. The topological polar surface area (TPSA) is 42.1 Å². The lowest BCUT2D eigenvalue weighted by Gasteiger charge is -2.23. The largest absolute Gasteiger partial charge is 0.340 e. The van der Waals surface area contributed by atoms with Crippen LogP contribution < -0.4 is 0 Å². The minimum absolute atomic E-state index is 0.603. The lowest BCUT2D eigenvalue weighted by atomic mass is 10.3. The summed E-state index contributed by atoms with van der Waals surface area (Å²) in [4.78, 5) is 13.1. The number of aromatic nitrogens is 4. The molecule has 0 radical (unpaired) electrons. The number of nitrogens with zero attached hydrogens (tertiary/aromatic N) is 6. The Balaban J connectivity index is 1.23. The highest BCUT2D eigenvalue weighted by Gasteiger charge is 2.26. The molecule has 0 saturated heterocycles. The molecule has 2 aromatic heterocycles. The number of hydrogen-bond acceptors (Lipinski definition) is 4. The van der Waals surface area contributed by atoms with Gasteiger partial charge in [0.2, 0.25) is 0 Å². The van der Waals surface area contributed by atoms with Gasteiger partial charge in [0, 0.05) is 26.2 Å². The van der Waals surface area contributed by atoms with E-state index in [-0.39, 0.29) is 0 Å². The second kappa shape index (κ2) is 7.61. The third-order valence-electron chi connectivity index (χ3n) is 5.34. The molecule has 4 aromatic rings. The highest BCUT2D eigenvalue weighted by Crippen LogP contribution is 2.29. The van der Waals surface area contributed by atoms with Gasteiger partial charge in [-0.3, -0.25) is 0 Å². The van der Waals surface area contributed by atoms with Crippen molar-refractivity contribution in [1.29, 1.82) is 0 Å². The van der Waals surface area contributed by atoms with Gasteiger partial charge in [0.25, 0.3) is 0 Å². The Kier molecular flexibility index (Phi) is 4.81. The Hall–Kier alpha value is -2.70. The summed E-state index contributed by atoms with van der Waals surface area (Å²) in [7, 11) is 0. The molecule has 0 fully saturated rings. The number of benzene rings is 2. The van der Waals surface area contributed by atoms with Gasteiger partial charge in [-0.1, -0.05) is 47.5 Å². The normalized spacial score (nSPS) is 14.7. The smallest absolute Gasteiger partial charge is 0.142 e. The number of imidazole rings is 2. The molecule has 0 amide bonds. The minimum Gasteiger partial charge on any atom is -0.340 e. The van der Waals surface area contributed by atoms with Crippen LogP contribution in [-0.2, 0) is 13.1 Å². The highest BCUT2D eigenvalue weighted by atomic mass is 35.5. The van der Waals surface area contributed by atoms with Gasteiger partial charge in [-0.25, -0.2) is 9.97 Å². The van der Waals surface area contributed by atoms with Crippen LogP contribution in [0.5, 0.6) is 0 Å². The average Bonchev–Trinajstić information content (AvgIpc) is 3.43. The zero-order valence-electron chi connectivity index (χ0n) is 15.7. The summed E-state index contributed by atoms with van der Waals surface area (Å²) >= 11 is 13.1. The van der Waals surface area contributed by atoms with E-state index >= 15 is 0 Å². The van der Waals surface area contributed by atoms with E-state index in [1.807, 2.05) is 49.1 Å². The van der Waals surface area contributed by atoms with E-state index in [0.29, 0.717) is 17.0 Å². The maximum atomic E-state index is 6.53. The maximum Gasteiger partial charge on any atom is 0.142 e. The lowest BCUT2D eigenvalue weighted by Crippen LogP contribution is -2.31. The molecule has 0 N–H and O–H groups in total. The Morgan fingerprint density at radius 2 is 1.10 bits per heavy atom. The summed E-state index contributed by atoms with van der Waals surface area (Å²) in [5.74, 6) is 0. The van der Waals surface area contributed by atoms with Crippen molar-refractivity contribution >= 4 is 45.3 Å². The van der Waals surface area contributed by atoms with Crippen molar-refractivity contribution in [3.63, 3.8) is 0 Å². The molecule has 6 nitrogen and oxygen atoms in total. The minimum atomic E-state index is 0.603. The van der Waals surface area contributed by atoms with E-state index in [9.17, 15) is 0 Å². The van der Waals surface area contributed by atoms with E-state index in [2.05, 4.69) is 41.0 Å². The fourth-order valence-corrected chi connectivity index (χ4v) is 4.28. The molecule has 0 spiro atoms. The van der Waals surface area contributed by atoms with E-state index < -0.39 is 0 Å². The molecule has 3 heterocycles. The van der Waals surface area contributed by atoms with Gasteiger partial charge < -0.3 is 18.9 Å². The van der Waals surface area contributed by atoms with Gasteiger partial charge in [0.1, 0.15) is 10.3 Å². The van der Waals surface area contributed by atoms with Crippen molar-refractivity contribution in [1.82, 2.24) is 28.9 Å². The third kappa shape index (κ3) is 3.43. The first-order valence-electron chi connectivity index (χ1n) is 9.55. The van der Waals surface area contributed by atoms with E-state index in [1.165, 1.54) is 0 Å². The van der Waals surface area contributed by atoms with Crippen LogP contribution in [0.1, 0.15) is 0 Å². The number of fused-ring (bicyclic) bond motifs is 2. The second-order valence-electron chi connectivity index (χ2n) is 7.10. The van der Waals surface area contributed by atoms with Gasteiger partial charge >= 0.3 is 0 Å². The predicted molar refractivity (Wildman–Crippen MR) is 116 cm³/mol. The molecule has 29 heavy (non-hydrogen) atoms. The van der Waals surface area contributed by atoms with Crippen molar-refractivity contribution < 1.29 is 0 Å². The van der Waals surface area contributed by atoms with Gasteiger partial charge in [-0.15, -0.1) is 0 Å². The molecule has 0 unspecified atom stereocenters. The number of hydrogen-bond donors (Lipinski definition) is 0. The van der Waals surface area contributed by atoms with Crippen molar-refractivity contribution in [3.8, 4) is 0 Å². The summed E-state index contributed by atoms with van der Waals surface area (Å²) in [5, 5.41) is 1.21. The monoisotopic (exact) mass is 426 g/mol. The maximum absolute atomic E-state index is 6.53. The van der Waals surface area contributed by atoms with Gasteiger partial charge in [-0.05, 0) is 24.3 Å². The average molecular weight is 427 g/mol. The number of halogens is 2. The van der Waals surface area contributed by atoms with Crippen molar-refractivity contribution in [2.75, 3.05) is 19.8 Å². The van der Waals surface area contributed by atoms with Crippen LogP contribution in [0.3, 0.4) is 0 Å². The Morgan fingerprint density at radius 3 is 1.59 bits per heavy atom. The molecular weight excluding hydrogens is 407 g/mol. The third-order valence-corrected chi connectivity index (χ3v) is 6.28. The fraction of sp³-hybridized carbons (Fsp3) is 0.238. The SMILES string of the molecule is ClC1=C(Cl)N(CCn2cnc3ccccc32)CN1CCn1cnc2ccccc21. The van der Waals surface area contributed by atoms with E-state index in [1.54, 1.807) is 0 Å². The lowest BCUT2D eigenvalue weighted by molar-refractivity contribution is 0.247. The molecule has 0 saturated carbocycles. The first kappa shape index (κ1) is 18.3. The molecule has 1 aliphatic rings. The predicted octanol–water partition coefficient (Wildman–Crippen LogP) is 4.27. The first-order chi connectivity index (χ1) is 14.2. The molecule has 1 aliphatic heterocycles. The van der Waals surface area contributed by atoms with Crippen LogP contribution in [0.4, 0.5) is 0 Å². The molecule has 2 aromatic carbocycles. The zero-order chi connectivity index (χ0) is 19.8. The van der Waals surface area contributed by atoms with Gasteiger partial charge in [0.15, 0.2) is 0 Å². The second-order valence-corrected chi connectivity index (χ2v) is 7.82. The van der Waals surface area contributed by atoms with Crippen LogP contribution in [0, 0.1) is 0 Å². The number of para-hydroxylation sites is 4. The fourth-order valence-electron chi connectivity index (χ4n) is 3.76. The van der Waals surface area contributed by atoms with Crippen LogP contribution >= 0.6 is 23.2 Å². The summed E-state index contributed by atoms with van der Waals surface area (Å²) in [6, 6.07) is 16.3. The highest BCUT2D eigenvalue weighted by molar-refractivity contribution is 6.38. The zero-order valence-corrected chi connectivity index (χ0v) is 17.3. The Morgan fingerprint density at radius 1 is 0.655 bits per heavy atom. The molecule has 5 rings (SSSR count). The van der Waals surface area contributed by atoms with Crippen molar-refractivity contribution in [3.05, 3.63) is 71.5 Å². The molecule has 8 heteroatoms. The molecular formula is C21H20Cl2N6. The molecule has 0 aliphatic carbocycles. The summed E-state index contributed by atoms with van der Waals surface area (Å²) < 4.78 is 4.29. The number of rotatable bonds is 6. The van der Waals surface area contributed by atoms with Crippen LogP contribution in [-0.4, -0.2) is 48.7 Å². The van der Waals surface area contributed by atoms with Crippen LogP contribution in [0.2, 0.25) is 0 Å². The first-order valence-corrected chi connectivity index (χ1v) is 10.3. The summed E-state index contributed by atoms with van der Waals surface area (Å²) in [5.41, 5.74) is 4.26. The van der Waals surface area contributed by atoms with Crippen molar-refractivity contribution in [2.24, 2.45) is 0 Å². The van der Waals surface area contributed by atoms with Crippen molar-refractivity contribution in [2.45, 2.75) is 13.1 Å². The van der Waals surface area contributed by atoms with Gasteiger partial charge in [0.05, 0.1) is 41.4 Å². The van der Waals surface area contributed by atoms with E-state index in [0.717, 1.165) is 48.2 Å². The van der Waals surface area contributed by atoms with Crippen LogP contribution in [0.25, 0.3) is 22.1 Å². The summed E-state index contributed by atoms with van der Waals surface area (Å²) in [6.45, 7) is 3.79. The molecule has 0 bridgehead atoms. The quantitative estimate of drug-likeness (QED) is 0.431. The Labute approximate surface area is 178 Å². The van der Waals surface area contributed by atoms with E-state index in [4.69, 9.17) is 23.2 Å². The van der Waals surface area contributed by atoms with Crippen LogP contribution in [0.15, 0.2) is 71.5 Å².